The Morgan fingerprint density at radius 3 is 2.79 bits per heavy atom. The molecule has 102 valence electrons. The Morgan fingerprint density at radius 1 is 1.47 bits per heavy atom. The van der Waals surface area contributed by atoms with Crippen molar-refractivity contribution >= 4 is 5.91 Å². The number of nitrogens with two attached hydrogens (primary N) is 1. The van der Waals surface area contributed by atoms with E-state index in [4.69, 9.17) is 11.0 Å². The van der Waals surface area contributed by atoms with Crippen molar-refractivity contribution in [2.24, 2.45) is 5.73 Å². The molecule has 0 unspecified atom stereocenters. The molecule has 0 radical (unpaired) electrons. The van der Waals surface area contributed by atoms with Gasteiger partial charge in [-0.3, -0.25) is 9.69 Å². The molecule has 1 aromatic carbocycles. The van der Waals surface area contributed by atoms with Crippen molar-refractivity contribution in [2.75, 3.05) is 13.1 Å². The van der Waals surface area contributed by atoms with Gasteiger partial charge in [0.05, 0.1) is 18.2 Å². The van der Waals surface area contributed by atoms with Crippen LogP contribution in [0.1, 0.15) is 30.9 Å². The summed E-state index contributed by atoms with van der Waals surface area (Å²) in [7, 11) is 0. The van der Waals surface area contributed by atoms with Crippen molar-refractivity contribution in [2.45, 2.75) is 26.3 Å². The molecule has 0 heterocycles. The number of nitrogens with zero attached hydrogens (tertiary/aromatic N) is 2. The van der Waals surface area contributed by atoms with Crippen molar-refractivity contribution in [3.8, 4) is 6.07 Å². The molecular weight excluding hydrogens is 245 g/mol. The van der Waals surface area contributed by atoms with Crippen LogP contribution in [-0.4, -0.2) is 23.9 Å². The number of halogens is 1. The predicted molar refractivity (Wildman–Crippen MR) is 70.5 cm³/mol. The predicted octanol–water partition coefficient (Wildman–Crippen LogP) is 1.78. The van der Waals surface area contributed by atoms with E-state index in [1.807, 2.05) is 11.0 Å². The number of carbonyl (C=O) groups excluding carboxylic acids is 1. The van der Waals surface area contributed by atoms with E-state index in [1.54, 1.807) is 6.07 Å². The molecule has 1 amide bonds. The third-order valence-electron chi connectivity index (χ3n) is 2.70. The van der Waals surface area contributed by atoms with Crippen molar-refractivity contribution in [3.05, 3.63) is 35.1 Å². The number of carbonyl (C=O) groups is 1. The molecule has 0 aromatic heterocycles. The lowest BCUT2D eigenvalue weighted by Gasteiger charge is -2.20. The maximum Gasteiger partial charge on any atom is 0.231 e. The topological polar surface area (TPSA) is 70.1 Å². The molecule has 19 heavy (non-hydrogen) atoms. The first-order valence-corrected chi connectivity index (χ1v) is 6.25. The van der Waals surface area contributed by atoms with E-state index >= 15 is 0 Å². The summed E-state index contributed by atoms with van der Waals surface area (Å²) < 4.78 is 13.3. The molecule has 0 aliphatic carbocycles. The zero-order valence-corrected chi connectivity index (χ0v) is 11.0. The number of nitriles is 1. The second-order valence-electron chi connectivity index (χ2n) is 4.49. The summed E-state index contributed by atoms with van der Waals surface area (Å²) in [4.78, 5) is 12.9. The molecule has 0 aliphatic heterocycles. The molecule has 0 saturated carbocycles. The van der Waals surface area contributed by atoms with Crippen LogP contribution in [0.3, 0.4) is 0 Å². The molecule has 0 saturated heterocycles. The summed E-state index contributed by atoms with van der Waals surface area (Å²) in [5.41, 5.74) is 6.15. The molecule has 0 bridgehead atoms. The highest BCUT2D eigenvalue weighted by Crippen LogP contribution is 2.11. The highest BCUT2D eigenvalue weighted by atomic mass is 19.1. The first kappa shape index (κ1) is 15.1. The van der Waals surface area contributed by atoms with Crippen LogP contribution in [0.25, 0.3) is 0 Å². The maximum atomic E-state index is 13.3. The fraction of sp³-hybridized carbons (Fsp3) is 0.429. The van der Waals surface area contributed by atoms with Gasteiger partial charge in [-0.05, 0) is 36.7 Å². The quantitative estimate of drug-likeness (QED) is 0.815. The van der Waals surface area contributed by atoms with Gasteiger partial charge in [-0.2, -0.15) is 5.26 Å². The van der Waals surface area contributed by atoms with Crippen LogP contribution in [0, 0.1) is 17.1 Å². The molecule has 2 N–H and O–H groups in total. The normalized spacial score (nSPS) is 10.4. The summed E-state index contributed by atoms with van der Waals surface area (Å²) in [6, 6.07) is 6.11. The van der Waals surface area contributed by atoms with Gasteiger partial charge in [0.15, 0.2) is 0 Å². The number of primary amides is 1. The van der Waals surface area contributed by atoms with Crippen LogP contribution in [0.15, 0.2) is 18.2 Å². The second-order valence-corrected chi connectivity index (χ2v) is 4.49. The number of benzene rings is 1. The number of hydrogen-bond donors (Lipinski definition) is 1. The average Bonchev–Trinajstić information content (AvgIpc) is 2.34. The van der Waals surface area contributed by atoms with E-state index in [9.17, 15) is 9.18 Å². The smallest absolute Gasteiger partial charge is 0.231 e. The van der Waals surface area contributed by atoms with Gasteiger partial charge in [-0.15, -0.1) is 0 Å². The monoisotopic (exact) mass is 263 g/mol. The number of amides is 1. The Bertz CT molecular complexity index is 482. The molecular formula is C14H18FN3O. The molecule has 0 spiro atoms. The van der Waals surface area contributed by atoms with Crippen LogP contribution in [0.5, 0.6) is 0 Å². The fourth-order valence-electron chi connectivity index (χ4n) is 1.88. The Morgan fingerprint density at radius 2 is 2.21 bits per heavy atom. The van der Waals surface area contributed by atoms with Crippen LogP contribution < -0.4 is 5.73 Å². The van der Waals surface area contributed by atoms with E-state index in [1.165, 1.54) is 12.1 Å². The minimum Gasteiger partial charge on any atom is -0.369 e. The van der Waals surface area contributed by atoms with Crippen LogP contribution in [0.2, 0.25) is 0 Å². The molecule has 1 rings (SSSR count). The Balaban J connectivity index is 2.80. The van der Waals surface area contributed by atoms with Crippen molar-refractivity contribution < 1.29 is 9.18 Å². The Kier molecular flexibility index (Phi) is 5.97. The van der Waals surface area contributed by atoms with E-state index in [-0.39, 0.29) is 12.1 Å². The van der Waals surface area contributed by atoms with E-state index in [0.717, 1.165) is 19.4 Å². The first-order chi connectivity index (χ1) is 9.05. The van der Waals surface area contributed by atoms with Gasteiger partial charge >= 0.3 is 0 Å². The standard InChI is InChI=1S/C14H18FN3O/c1-2-3-4-18(10-14(17)19)9-12-5-11(8-16)6-13(15)7-12/h5-7H,2-4,9-10H2,1H3,(H2,17,19). The van der Waals surface area contributed by atoms with E-state index in [0.29, 0.717) is 12.1 Å². The highest BCUT2D eigenvalue weighted by molar-refractivity contribution is 5.75. The SMILES string of the molecule is CCCCN(CC(N)=O)Cc1cc(F)cc(C#N)c1. The lowest BCUT2D eigenvalue weighted by Crippen LogP contribution is -2.34. The third kappa shape index (κ3) is 5.49. The van der Waals surface area contributed by atoms with Gasteiger partial charge in [0.25, 0.3) is 0 Å². The van der Waals surface area contributed by atoms with Gasteiger partial charge in [0, 0.05) is 6.54 Å². The molecule has 4 nitrogen and oxygen atoms in total. The van der Waals surface area contributed by atoms with Gasteiger partial charge < -0.3 is 5.73 Å². The number of hydrogen-bond acceptors (Lipinski definition) is 3. The van der Waals surface area contributed by atoms with Gasteiger partial charge in [0.1, 0.15) is 5.82 Å². The first-order valence-electron chi connectivity index (χ1n) is 6.25. The van der Waals surface area contributed by atoms with Crippen LogP contribution in [0.4, 0.5) is 4.39 Å². The lowest BCUT2D eigenvalue weighted by atomic mass is 10.1. The summed E-state index contributed by atoms with van der Waals surface area (Å²) in [6.07, 6.45) is 1.94. The summed E-state index contributed by atoms with van der Waals surface area (Å²) >= 11 is 0. The fourth-order valence-corrected chi connectivity index (χ4v) is 1.88. The number of rotatable bonds is 7. The minimum atomic E-state index is -0.441. The van der Waals surface area contributed by atoms with Crippen molar-refractivity contribution in [1.82, 2.24) is 4.90 Å². The van der Waals surface area contributed by atoms with E-state index < -0.39 is 11.7 Å². The van der Waals surface area contributed by atoms with Crippen molar-refractivity contribution in [1.29, 1.82) is 5.26 Å². The summed E-state index contributed by atoms with van der Waals surface area (Å²) in [6.45, 7) is 3.32. The lowest BCUT2D eigenvalue weighted by molar-refractivity contribution is -0.119. The minimum absolute atomic E-state index is 0.137. The molecule has 0 aliphatic rings. The molecule has 0 fully saturated rings. The zero-order valence-electron chi connectivity index (χ0n) is 11.0. The summed E-state index contributed by atoms with van der Waals surface area (Å²) in [5.74, 6) is -0.850. The van der Waals surface area contributed by atoms with Gasteiger partial charge in [0.2, 0.25) is 5.91 Å². The number of unbranched alkanes of at least 4 members (excludes halogenated alkanes) is 1. The van der Waals surface area contributed by atoms with Gasteiger partial charge in [-0.25, -0.2) is 4.39 Å². The Hall–Kier alpha value is -1.93. The van der Waals surface area contributed by atoms with Gasteiger partial charge in [-0.1, -0.05) is 13.3 Å². The highest BCUT2D eigenvalue weighted by Gasteiger charge is 2.10. The maximum absolute atomic E-state index is 13.3. The molecule has 0 atom stereocenters. The third-order valence-corrected chi connectivity index (χ3v) is 2.70. The summed E-state index contributed by atoms with van der Waals surface area (Å²) in [5, 5.41) is 8.80. The second kappa shape index (κ2) is 7.49. The van der Waals surface area contributed by atoms with Crippen molar-refractivity contribution in [3.63, 3.8) is 0 Å². The van der Waals surface area contributed by atoms with Crippen LogP contribution in [-0.2, 0) is 11.3 Å². The largest absolute Gasteiger partial charge is 0.369 e. The zero-order chi connectivity index (χ0) is 14.3. The van der Waals surface area contributed by atoms with E-state index in [2.05, 4.69) is 6.92 Å². The molecule has 5 heteroatoms. The Labute approximate surface area is 112 Å². The average molecular weight is 263 g/mol. The van der Waals surface area contributed by atoms with Crippen LogP contribution >= 0.6 is 0 Å². The molecule has 1 aromatic rings.